The van der Waals surface area contributed by atoms with E-state index in [0.717, 1.165) is 23.6 Å². The summed E-state index contributed by atoms with van der Waals surface area (Å²) in [4.78, 5) is 8.72. The van der Waals surface area contributed by atoms with E-state index in [2.05, 4.69) is 46.4 Å². The van der Waals surface area contributed by atoms with Crippen LogP contribution in [0.5, 0.6) is 0 Å². The van der Waals surface area contributed by atoms with Crippen LogP contribution < -0.4 is 10.4 Å². The molecule has 0 spiro atoms. The first kappa shape index (κ1) is 12.7. The highest BCUT2D eigenvalue weighted by molar-refractivity contribution is 5.90. The summed E-state index contributed by atoms with van der Waals surface area (Å²) in [5.41, 5.74) is 5.41. The molecule has 4 heteroatoms. The zero-order chi connectivity index (χ0) is 14.0. The minimum Gasteiger partial charge on any atom is -0.285 e. The van der Waals surface area contributed by atoms with Crippen LogP contribution in [0.2, 0.25) is 0 Å². The average molecular weight is 266 g/mol. The third kappa shape index (κ3) is 2.50. The molecule has 0 radical (unpaired) electrons. The molecule has 1 saturated heterocycles. The Balaban J connectivity index is 1.88. The van der Waals surface area contributed by atoms with Crippen molar-refractivity contribution in [2.75, 3.05) is 5.01 Å². The number of benzene rings is 1. The standard InChI is InChI=1S/C16H18N4/c1-16(2)11-15(18-13-7-6-10-17-12-13)19-20(16)14-8-4-3-5-9-14/h3-10,12H,11H2,1-2H3,(H,18,19). The van der Waals surface area contributed by atoms with Crippen LogP contribution in [-0.4, -0.2) is 16.4 Å². The molecule has 1 aromatic carbocycles. The Morgan fingerprint density at radius 1 is 1.15 bits per heavy atom. The van der Waals surface area contributed by atoms with Gasteiger partial charge >= 0.3 is 0 Å². The molecule has 1 aromatic heterocycles. The first-order valence-electron chi connectivity index (χ1n) is 6.75. The van der Waals surface area contributed by atoms with Crippen LogP contribution in [0.3, 0.4) is 0 Å². The van der Waals surface area contributed by atoms with Gasteiger partial charge in [-0.2, -0.15) is 0 Å². The van der Waals surface area contributed by atoms with Gasteiger partial charge in [-0.15, -0.1) is 0 Å². The molecule has 1 fully saturated rings. The van der Waals surface area contributed by atoms with E-state index in [0.29, 0.717) is 0 Å². The van der Waals surface area contributed by atoms with Crippen molar-refractivity contribution in [2.24, 2.45) is 4.99 Å². The van der Waals surface area contributed by atoms with Gasteiger partial charge in [0, 0.05) is 12.6 Å². The van der Waals surface area contributed by atoms with Crippen LogP contribution in [-0.2, 0) is 0 Å². The van der Waals surface area contributed by atoms with E-state index >= 15 is 0 Å². The van der Waals surface area contributed by atoms with Crippen LogP contribution in [0.15, 0.2) is 59.9 Å². The smallest absolute Gasteiger partial charge is 0.123 e. The maximum absolute atomic E-state index is 4.63. The molecule has 2 heterocycles. The molecule has 3 rings (SSSR count). The summed E-state index contributed by atoms with van der Waals surface area (Å²) in [6.45, 7) is 4.41. The van der Waals surface area contributed by atoms with Gasteiger partial charge < -0.3 is 0 Å². The predicted molar refractivity (Wildman–Crippen MR) is 82.1 cm³/mol. The van der Waals surface area contributed by atoms with E-state index in [9.17, 15) is 0 Å². The quantitative estimate of drug-likeness (QED) is 0.906. The number of nitrogens with zero attached hydrogens (tertiary/aromatic N) is 3. The maximum Gasteiger partial charge on any atom is 0.123 e. The first-order valence-corrected chi connectivity index (χ1v) is 6.75. The van der Waals surface area contributed by atoms with Crippen LogP contribution >= 0.6 is 0 Å². The third-order valence-corrected chi connectivity index (χ3v) is 3.37. The lowest BCUT2D eigenvalue weighted by molar-refractivity contribution is 0.507. The van der Waals surface area contributed by atoms with Crippen molar-refractivity contribution in [1.82, 2.24) is 10.4 Å². The number of para-hydroxylation sites is 1. The van der Waals surface area contributed by atoms with Crippen molar-refractivity contribution in [1.29, 1.82) is 0 Å². The van der Waals surface area contributed by atoms with Crippen LogP contribution in [0.25, 0.3) is 0 Å². The largest absolute Gasteiger partial charge is 0.285 e. The number of hydrazine groups is 1. The second-order valence-electron chi connectivity index (χ2n) is 5.54. The molecule has 0 bridgehead atoms. The van der Waals surface area contributed by atoms with Crippen LogP contribution in [0.1, 0.15) is 20.3 Å². The summed E-state index contributed by atoms with van der Waals surface area (Å²) in [6, 6.07) is 14.2. The maximum atomic E-state index is 4.63. The molecular formula is C16H18N4. The molecule has 0 aliphatic carbocycles. The average Bonchev–Trinajstić information content (AvgIpc) is 2.75. The second kappa shape index (κ2) is 4.96. The molecular weight excluding hydrogens is 248 g/mol. The van der Waals surface area contributed by atoms with Crippen molar-refractivity contribution < 1.29 is 0 Å². The minimum absolute atomic E-state index is 0.0115. The Kier molecular flexibility index (Phi) is 3.14. The van der Waals surface area contributed by atoms with E-state index in [4.69, 9.17) is 0 Å². The van der Waals surface area contributed by atoms with Crippen molar-refractivity contribution in [3.63, 3.8) is 0 Å². The van der Waals surface area contributed by atoms with Gasteiger partial charge in [-0.05, 0) is 38.1 Å². The van der Waals surface area contributed by atoms with Gasteiger partial charge in [0.15, 0.2) is 0 Å². The van der Waals surface area contributed by atoms with Crippen molar-refractivity contribution in [3.8, 4) is 0 Å². The highest BCUT2D eigenvalue weighted by Gasteiger charge is 2.36. The predicted octanol–water partition coefficient (Wildman–Crippen LogP) is 3.31. The Hall–Kier alpha value is -2.36. The fourth-order valence-corrected chi connectivity index (χ4v) is 2.44. The molecule has 1 aliphatic heterocycles. The number of rotatable bonds is 2. The summed E-state index contributed by atoms with van der Waals surface area (Å²) in [5.74, 6) is 0.965. The first-order chi connectivity index (χ1) is 9.65. The Bertz CT molecular complexity index is 605. The lowest BCUT2D eigenvalue weighted by atomic mass is 10.0. The molecule has 1 N–H and O–H groups in total. The van der Waals surface area contributed by atoms with E-state index in [1.54, 1.807) is 12.4 Å². The third-order valence-electron chi connectivity index (χ3n) is 3.37. The SMILES string of the molecule is CC1(C)CC(=Nc2cccnc2)NN1c1ccccc1. The monoisotopic (exact) mass is 266 g/mol. The van der Waals surface area contributed by atoms with Gasteiger partial charge in [0.25, 0.3) is 0 Å². The van der Waals surface area contributed by atoms with Crippen molar-refractivity contribution in [2.45, 2.75) is 25.8 Å². The molecule has 2 aromatic rings. The van der Waals surface area contributed by atoms with Crippen molar-refractivity contribution in [3.05, 3.63) is 54.9 Å². The summed E-state index contributed by atoms with van der Waals surface area (Å²) >= 11 is 0. The fourth-order valence-electron chi connectivity index (χ4n) is 2.44. The number of amidine groups is 1. The number of aliphatic imine (C=N–C) groups is 1. The Morgan fingerprint density at radius 2 is 1.95 bits per heavy atom. The van der Waals surface area contributed by atoms with E-state index < -0.39 is 0 Å². The zero-order valence-corrected chi connectivity index (χ0v) is 11.7. The lowest BCUT2D eigenvalue weighted by Gasteiger charge is -2.31. The molecule has 0 atom stereocenters. The van der Waals surface area contributed by atoms with Crippen LogP contribution in [0.4, 0.5) is 11.4 Å². The molecule has 0 saturated carbocycles. The van der Waals surface area contributed by atoms with Crippen LogP contribution in [0, 0.1) is 0 Å². The van der Waals surface area contributed by atoms with Gasteiger partial charge in [-0.1, -0.05) is 18.2 Å². The highest BCUT2D eigenvalue weighted by Crippen LogP contribution is 2.30. The topological polar surface area (TPSA) is 40.5 Å². The van der Waals surface area contributed by atoms with Crippen molar-refractivity contribution >= 4 is 17.2 Å². The van der Waals surface area contributed by atoms with Gasteiger partial charge in [0.2, 0.25) is 0 Å². The van der Waals surface area contributed by atoms with Gasteiger partial charge in [-0.25, -0.2) is 4.99 Å². The molecule has 1 aliphatic rings. The normalized spacial score (nSPS) is 19.1. The number of pyridine rings is 1. The van der Waals surface area contributed by atoms with Gasteiger partial charge in [0.1, 0.15) is 5.84 Å². The summed E-state index contributed by atoms with van der Waals surface area (Å²) in [5, 5.41) is 2.17. The molecule has 0 unspecified atom stereocenters. The summed E-state index contributed by atoms with van der Waals surface area (Å²) < 4.78 is 0. The molecule has 20 heavy (non-hydrogen) atoms. The number of hydrogen-bond donors (Lipinski definition) is 1. The molecule has 4 nitrogen and oxygen atoms in total. The fraction of sp³-hybridized carbons (Fsp3) is 0.250. The molecule has 0 amide bonds. The second-order valence-corrected chi connectivity index (χ2v) is 5.54. The number of anilines is 1. The Morgan fingerprint density at radius 3 is 2.65 bits per heavy atom. The van der Waals surface area contributed by atoms with E-state index in [1.165, 1.54) is 0 Å². The van der Waals surface area contributed by atoms with Gasteiger partial charge in [-0.3, -0.25) is 15.4 Å². The number of aromatic nitrogens is 1. The highest BCUT2D eigenvalue weighted by atomic mass is 15.6. The minimum atomic E-state index is -0.0115. The lowest BCUT2D eigenvalue weighted by Crippen LogP contribution is -2.44. The van der Waals surface area contributed by atoms with E-state index in [1.807, 2.05) is 30.3 Å². The summed E-state index contributed by atoms with van der Waals surface area (Å²) in [6.07, 6.45) is 4.40. The number of nitrogens with one attached hydrogen (secondary N) is 1. The van der Waals surface area contributed by atoms with Gasteiger partial charge in [0.05, 0.1) is 23.1 Å². The number of hydrogen-bond acceptors (Lipinski definition) is 3. The Labute approximate surface area is 119 Å². The van der Waals surface area contributed by atoms with E-state index in [-0.39, 0.29) is 5.54 Å². The summed E-state index contributed by atoms with van der Waals surface area (Å²) in [7, 11) is 0. The zero-order valence-electron chi connectivity index (χ0n) is 11.7. The molecule has 102 valence electrons.